The van der Waals surface area contributed by atoms with Crippen LogP contribution in [0.3, 0.4) is 0 Å². The van der Waals surface area contributed by atoms with Crippen molar-refractivity contribution in [3.05, 3.63) is 0 Å². The summed E-state index contributed by atoms with van der Waals surface area (Å²) in [5.74, 6) is -0.909. The third-order valence-corrected chi connectivity index (χ3v) is 3.47. The Morgan fingerprint density at radius 3 is 2.36 bits per heavy atom. The zero-order valence-electron chi connectivity index (χ0n) is 12.0. The van der Waals surface area contributed by atoms with Crippen molar-refractivity contribution in [2.75, 3.05) is 13.2 Å². The quantitative estimate of drug-likeness (QED) is 0.226. The Morgan fingerprint density at radius 1 is 1.18 bits per heavy atom. The molecule has 0 aliphatic carbocycles. The van der Waals surface area contributed by atoms with Gasteiger partial charge in [0.1, 0.15) is 30.5 Å². The number of carbonyl (C=O) groups is 1. The Hall–Kier alpha value is -0.850. The molecule has 0 aromatic carbocycles. The van der Waals surface area contributed by atoms with Gasteiger partial charge in [-0.25, -0.2) is 0 Å². The van der Waals surface area contributed by atoms with E-state index in [4.69, 9.17) is 26.0 Å². The van der Waals surface area contributed by atoms with E-state index in [1.54, 1.807) is 0 Å². The molecule has 1 fully saturated rings. The van der Waals surface area contributed by atoms with E-state index >= 15 is 0 Å². The molecule has 1 rings (SSSR count). The second kappa shape index (κ2) is 8.70. The number of esters is 1. The summed E-state index contributed by atoms with van der Waals surface area (Å²) < 4.78 is 9.87. The van der Waals surface area contributed by atoms with Crippen LogP contribution in [0.1, 0.15) is 12.8 Å². The van der Waals surface area contributed by atoms with Crippen molar-refractivity contribution in [3.63, 3.8) is 0 Å². The SMILES string of the molecule is NCC(O)CC[C@H](N)C(=O)OC1O[C@H](CO)[C@H](O)[C@H](O)[C@H]1O. The monoisotopic (exact) mass is 324 g/mol. The lowest BCUT2D eigenvalue weighted by molar-refractivity contribution is -0.293. The molecule has 130 valence electrons. The van der Waals surface area contributed by atoms with Crippen LogP contribution in [-0.4, -0.2) is 87.5 Å². The fourth-order valence-electron chi connectivity index (χ4n) is 1.97. The van der Waals surface area contributed by atoms with Crippen molar-refractivity contribution in [1.82, 2.24) is 0 Å². The highest BCUT2D eigenvalue weighted by molar-refractivity contribution is 5.75. The first-order chi connectivity index (χ1) is 10.3. The highest BCUT2D eigenvalue weighted by Crippen LogP contribution is 2.22. The van der Waals surface area contributed by atoms with Gasteiger partial charge in [-0.15, -0.1) is 0 Å². The average molecular weight is 324 g/mol. The molecule has 1 aliphatic heterocycles. The molecule has 0 aromatic rings. The fourth-order valence-corrected chi connectivity index (χ4v) is 1.97. The molecule has 0 bridgehead atoms. The fraction of sp³-hybridized carbons (Fsp3) is 0.917. The lowest BCUT2D eigenvalue weighted by Crippen LogP contribution is -2.60. The average Bonchev–Trinajstić information content (AvgIpc) is 2.52. The molecule has 0 radical (unpaired) electrons. The molecule has 7 atom stereocenters. The van der Waals surface area contributed by atoms with Gasteiger partial charge in [-0.05, 0) is 12.8 Å². The van der Waals surface area contributed by atoms with Gasteiger partial charge >= 0.3 is 5.97 Å². The number of carbonyl (C=O) groups excluding carboxylic acids is 1. The molecule has 0 amide bonds. The van der Waals surface area contributed by atoms with Gasteiger partial charge in [-0.1, -0.05) is 0 Å². The summed E-state index contributed by atoms with van der Waals surface area (Å²) in [5.41, 5.74) is 10.8. The third kappa shape index (κ3) is 4.83. The van der Waals surface area contributed by atoms with Crippen molar-refractivity contribution in [3.8, 4) is 0 Å². The first-order valence-corrected chi connectivity index (χ1v) is 6.96. The number of rotatable bonds is 7. The largest absolute Gasteiger partial charge is 0.432 e. The Balaban J connectivity index is 2.55. The number of aliphatic hydroxyl groups is 5. The molecular weight excluding hydrogens is 300 g/mol. The summed E-state index contributed by atoms with van der Waals surface area (Å²) in [6.45, 7) is -0.595. The minimum absolute atomic E-state index is 0.0362. The second-order valence-electron chi connectivity index (χ2n) is 5.21. The topological polar surface area (TPSA) is 189 Å². The van der Waals surface area contributed by atoms with E-state index < -0.39 is 55.4 Å². The predicted molar refractivity (Wildman–Crippen MR) is 72.1 cm³/mol. The van der Waals surface area contributed by atoms with Crippen molar-refractivity contribution < 1.29 is 39.8 Å². The van der Waals surface area contributed by atoms with Gasteiger partial charge < -0.3 is 46.5 Å². The molecule has 1 heterocycles. The van der Waals surface area contributed by atoms with Crippen LogP contribution in [0.15, 0.2) is 0 Å². The molecule has 0 spiro atoms. The van der Waals surface area contributed by atoms with Crippen LogP contribution in [0, 0.1) is 0 Å². The Morgan fingerprint density at radius 2 is 1.82 bits per heavy atom. The maximum absolute atomic E-state index is 11.8. The minimum Gasteiger partial charge on any atom is -0.432 e. The van der Waals surface area contributed by atoms with Gasteiger partial charge in [0.25, 0.3) is 0 Å². The number of aliphatic hydroxyl groups excluding tert-OH is 5. The molecule has 1 saturated heterocycles. The number of hydrogen-bond acceptors (Lipinski definition) is 10. The van der Waals surface area contributed by atoms with Crippen LogP contribution in [0.4, 0.5) is 0 Å². The van der Waals surface area contributed by atoms with E-state index in [0.29, 0.717) is 0 Å². The van der Waals surface area contributed by atoms with Crippen LogP contribution in [0.25, 0.3) is 0 Å². The smallest absolute Gasteiger partial charge is 0.325 e. The maximum Gasteiger partial charge on any atom is 0.325 e. The van der Waals surface area contributed by atoms with E-state index in [1.165, 1.54) is 0 Å². The summed E-state index contributed by atoms with van der Waals surface area (Å²) in [4.78, 5) is 11.8. The van der Waals surface area contributed by atoms with Gasteiger partial charge in [0.05, 0.1) is 12.7 Å². The maximum atomic E-state index is 11.8. The van der Waals surface area contributed by atoms with E-state index in [9.17, 15) is 25.2 Å². The summed E-state index contributed by atoms with van der Waals surface area (Å²) in [6.07, 6.45) is -8.08. The molecule has 1 aliphatic rings. The van der Waals surface area contributed by atoms with E-state index in [1.807, 2.05) is 0 Å². The molecule has 10 heteroatoms. The molecule has 22 heavy (non-hydrogen) atoms. The highest BCUT2D eigenvalue weighted by atomic mass is 16.7. The number of ether oxygens (including phenoxy) is 2. The third-order valence-electron chi connectivity index (χ3n) is 3.47. The molecular formula is C12H24N2O8. The Kier molecular flexibility index (Phi) is 7.59. The first-order valence-electron chi connectivity index (χ1n) is 6.96. The van der Waals surface area contributed by atoms with Gasteiger partial charge in [0.2, 0.25) is 6.29 Å². The molecule has 0 aromatic heterocycles. The predicted octanol–water partition coefficient (Wildman–Crippen LogP) is -4.24. The summed E-state index contributed by atoms with van der Waals surface area (Å²) in [5, 5.41) is 47.2. The van der Waals surface area contributed by atoms with E-state index in [0.717, 1.165) is 0 Å². The van der Waals surface area contributed by atoms with Crippen LogP contribution in [0.2, 0.25) is 0 Å². The van der Waals surface area contributed by atoms with Gasteiger partial charge in [0, 0.05) is 6.54 Å². The lowest BCUT2D eigenvalue weighted by Gasteiger charge is -2.39. The normalized spacial score (nSPS) is 35.0. The van der Waals surface area contributed by atoms with Crippen LogP contribution < -0.4 is 11.5 Å². The minimum atomic E-state index is -1.68. The second-order valence-corrected chi connectivity index (χ2v) is 5.21. The lowest BCUT2D eigenvalue weighted by atomic mass is 9.99. The van der Waals surface area contributed by atoms with Crippen LogP contribution in [0.5, 0.6) is 0 Å². The van der Waals surface area contributed by atoms with Crippen molar-refractivity contribution in [2.24, 2.45) is 11.5 Å². The van der Waals surface area contributed by atoms with Gasteiger partial charge in [0.15, 0.2) is 0 Å². The first kappa shape index (κ1) is 19.2. The van der Waals surface area contributed by atoms with Crippen molar-refractivity contribution in [1.29, 1.82) is 0 Å². The van der Waals surface area contributed by atoms with Gasteiger partial charge in [-0.3, -0.25) is 4.79 Å². The summed E-state index contributed by atoms with van der Waals surface area (Å²) >= 11 is 0. The zero-order valence-corrected chi connectivity index (χ0v) is 12.0. The summed E-state index contributed by atoms with van der Waals surface area (Å²) in [7, 11) is 0. The van der Waals surface area contributed by atoms with Gasteiger partial charge in [-0.2, -0.15) is 0 Å². The van der Waals surface area contributed by atoms with E-state index in [2.05, 4.69) is 0 Å². The molecule has 9 N–H and O–H groups in total. The standard InChI is InChI=1S/C12H24N2O8/c13-3-5(16)1-2-6(14)11(20)22-12-10(19)9(18)8(17)7(4-15)21-12/h5-10,12,15-19H,1-4,13-14H2/t5?,6-,7+,8-,9-,10+,12?/m0/s1. The van der Waals surface area contributed by atoms with Crippen molar-refractivity contribution >= 4 is 5.97 Å². The van der Waals surface area contributed by atoms with Crippen LogP contribution in [-0.2, 0) is 14.3 Å². The molecule has 10 nitrogen and oxygen atoms in total. The van der Waals surface area contributed by atoms with E-state index in [-0.39, 0.29) is 19.4 Å². The zero-order chi connectivity index (χ0) is 16.9. The number of nitrogens with two attached hydrogens (primary N) is 2. The van der Waals surface area contributed by atoms with Crippen molar-refractivity contribution in [2.45, 2.75) is 55.7 Å². The Bertz CT molecular complexity index is 356. The molecule has 2 unspecified atom stereocenters. The molecule has 0 saturated carbocycles. The van der Waals surface area contributed by atoms with Crippen LogP contribution >= 0.6 is 0 Å². The summed E-state index contributed by atoms with van der Waals surface area (Å²) in [6, 6.07) is -1.08. The highest BCUT2D eigenvalue weighted by Gasteiger charge is 2.45. The number of hydrogen-bond donors (Lipinski definition) is 7. The Labute approximate surface area is 127 Å².